The highest BCUT2D eigenvalue weighted by atomic mass is 32.1. The molecule has 6 nitrogen and oxygen atoms in total. The van der Waals surface area contributed by atoms with Crippen LogP contribution in [0.25, 0.3) is 11.0 Å². The molecule has 1 aliphatic carbocycles. The molecule has 0 unspecified atom stereocenters. The van der Waals surface area contributed by atoms with Gasteiger partial charge in [-0.15, -0.1) is 11.3 Å². The van der Waals surface area contributed by atoms with Gasteiger partial charge in [0.15, 0.2) is 11.2 Å². The topological polar surface area (TPSA) is 85.6 Å². The van der Waals surface area contributed by atoms with Crippen molar-refractivity contribution in [1.82, 2.24) is 0 Å². The van der Waals surface area contributed by atoms with Crippen molar-refractivity contribution in [1.29, 1.82) is 0 Å². The maximum atomic E-state index is 12.8. The summed E-state index contributed by atoms with van der Waals surface area (Å²) in [4.78, 5) is 38.8. The Bertz CT molecular complexity index is 1200. The number of hydrogen-bond acceptors (Lipinski definition) is 6. The third kappa shape index (κ3) is 3.46. The molecule has 2 aromatic heterocycles. The first-order chi connectivity index (χ1) is 13.9. The lowest BCUT2D eigenvalue weighted by molar-refractivity contribution is 0.0601. The Morgan fingerprint density at radius 1 is 1.10 bits per heavy atom. The van der Waals surface area contributed by atoms with Gasteiger partial charge in [-0.05, 0) is 68.4 Å². The second-order valence-electron chi connectivity index (χ2n) is 7.27. The summed E-state index contributed by atoms with van der Waals surface area (Å²) in [7, 11) is 1.33. The molecular weight excluding hydrogens is 390 g/mol. The maximum Gasteiger partial charge on any atom is 0.341 e. The Hall–Kier alpha value is -2.93. The number of hydrogen-bond donors (Lipinski definition) is 1. The Labute approximate surface area is 171 Å². The van der Waals surface area contributed by atoms with E-state index in [9.17, 15) is 14.4 Å². The smallest absolute Gasteiger partial charge is 0.341 e. The van der Waals surface area contributed by atoms with Crippen LogP contribution in [0.3, 0.4) is 0 Å². The molecule has 0 bridgehead atoms. The Morgan fingerprint density at radius 3 is 2.59 bits per heavy atom. The van der Waals surface area contributed by atoms with Crippen molar-refractivity contribution in [2.75, 3.05) is 12.4 Å². The molecule has 1 N–H and O–H groups in total. The highest BCUT2D eigenvalue weighted by molar-refractivity contribution is 7.17. The zero-order valence-electron chi connectivity index (χ0n) is 16.5. The predicted octanol–water partition coefficient (Wildman–Crippen LogP) is 4.39. The molecule has 0 spiro atoms. The number of nitrogens with one attached hydrogen (secondary N) is 1. The Kier molecular flexibility index (Phi) is 5.00. The fourth-order valence-electron chi connectivity index (χ4n) is 3.66. The van der Waals surface area contributed by atoms with E-state index in [0.29, 0.717) is 21.5 Å². The molecule has 0 atom stereocenters. The first-order valence-corrected chi connectivity index (χ1v) is 10.3. The number of benzene rings is 1. The van der Waals surface area contributed by atoms with E-state index in [4.69, 9.17) is 9.15 Å². The monoisotopic (exact) mass is 411 g/mol. The normalized spacial score (nSPS) is 13.2. The van der Waals surface area contributed by atoms with Crippen molar-refractivity contribution in [2.45, 2.75) is 39.5 Å². The summed E-state index contributed by atoms with van der Waals surface area (Å²) >= 11 is 1.39. The van der Waals surface area contributed by atoms with Crippen molar-refractivity contribution in [2.24, 2.45) is 0 Å². The van der Waals surface area contributed by atoms with E-state index in [2.05, 4.69) is 5.32 Å². The molecule has 1 amide bonds. The summed E-state index contributed by atoms with van der Waals surface area (Å²) in [6, 6.07) is 4.71. The van der Waals surface area contributed by atoms with Crippen LogP contribution >= 0.6 is 11.3 Å². The third-order valence-corrected chi connectivity index (χ3v) is 6.56. The van der Waals surface area contributed by atoms with Gasteiger partial charge >= 0.3 is 5.97 Å². The van der Waals surface area contributed by atoms with Crippen LogP contribution in [-0.2, 0) is 17.6 Å². The van der Waals surface area contributed by atoms with Gasteiger partial charge in [0, 0.05) is 10.9 Å². The Morgan fingerprint density at radius 2 is 1.83 bits per heavy atom. The molecule has 4 rings (SSSR count). The number of fused-ring (bicyclic) bond motifs is 2. The van der Waals surface area contributed by atoms with Gasteiger partial charge in [-0.2, -0.15) is 0 Å². The standard InChI is InChI=1S/C22H21NO5S/c1-11-8-14-15(24)10-17(28-16(14)9-12(11)2)20(25)23-21-19(22(26)27-3)13-6-4-5-7-18(13)29-21/h8-10H,4-7H2,1-3H3,(H,23,25). The fraction of sp³-hybridized carbons (Fsp3) is 0.318. The van der Waals surface area contributed by atoms with Crippen molar-refractivity contribution in [3.63, 3.8) is 0 Å². The minimum atomic E-state index is -0.564. The number of thiophene rings is 1. The van der Waals surface area contributed by atoms with Gasteiger partial charge in [-0.25, -0.2) is 4.79 Å². The number of anilines is 1. The van der Waals surface area contributed by atoms with Gasteiger partial charge in [0.25, 0.3) is 5.91 Å². The lowest BCUT2D eigenvalue weighted by Gasteiger charge is -2.11. The summed E-state index contributed by atoms with van der Waals surface area (Å²) in [6.07, 6.45) is 3.72. The van der Waals surface area contributed by atoms with Crippen LogP contribution in [0.15, 0.2) is 27.4 Å². The van der Waals surface area contributed by atoms with Crippen molar-refractivity contribution in [3.05, 3.63) is 61.3 Å². The molecular formula is C22H21NO5S. The number of carbonyl (C=O) groups excluding carboxylic acids is 2. The molecule has 150 valence electrons. The lowest BCUT2D eigenvalue weighted by Crippen LogP contribution is -2.17. The van der Waals surface area contributed by atoms with Crippen LogP contribution in [-0.4, -0.2) is 19.0 Å². The third-order valence-electron chi connectivity index (χ3n) is 5.36. The fourth-order valence-corrected chi connectivity index (χ4v) is 4.93. The number of esters is 1. The van der Waals surface area contributed by atoms with Crippen LogP contribution in [0.5, 0.6) is 0 Å². The molecule has 0 saturated carbocycles. The molecule has 0 fully saturated rings. The van der Waals surface area contributed by atoms with Gasteiger partial charge in [-0.1, -0.05) is 0 Å². The minimum absolute atomic E-state index is 0.0899. The average molecular weight is 411 g/mol. The van der Waals surface area contributed by atoms with Crippen LogP contribution in [0.1, 0.15) is 55.3 Å². The van der Waals surface area contributed by atoms with E-state index in [1.54, 1.807) is 12.1 Å². The largest absolute Gasteiger partial charge is 0.465 e. The maximum absolute atomic E-state index is 12.8. The number of aryl methyl sites for hydroxylation is 3. The number of methoxy groups -OCH3 is 1. The van der Waals surface area contributed by atoms with E-state index >= 15 is 0 Å². The van der Waals surface area contributed by atoms with Gasteiger partial charge in [0.2, 0.25) is 0 Å². The first kappa shape index (κ1) is 19.4. The number of ether oxygens (including phenoxy) is 1. The minimum Gasteiger partial charge on any atom is -0.465 e. The van der Waals surface area contributed by atoms with Crippen molar-refractivity contribution >= 4 is 39.2 Å². The summed E-state index contributed by atoms with van der Waals surface area (Å²) in [5.41, 5.74) is 3.40. The molecule has 0 radical (unpaired) electrons. The predicted molar refractivity (Wildman–Crippen MR) is 112 cm³/mol. The van der Waals surface area contributed by atoms with Gasteiger partial charge < -0.3 is 14.5 Å². The van der Waals surface area contributed by atoms with Gasteiger partial charge in [0.1, 0.15) is 10.6 Å². The molecule has 2 heterocycles. The second kappa shape index (κ2) is 7.48. The van der Waals surface area contributed by atoms with Gasteiger partial charge in [0.05, 0.1) is 18.1 Å². The van der Waals surface area contributed by atoms with E-state index in [1.165, 1.54) is 24.5 Å². The molecule has 7 heteroatoms. The van der Waals surface area contributed by atoms with Crippen LogP contribution in [0.4, 0.5) is 5.00 Å². The van der Waals surface area contributed by atoms with Gasteiger partial charge in [-0.3, -0.25) is 9.59 Å². The van der Waals surface area contributed by atoms with Crippen molar-refractivity contribution in [3.8, 4) is 0 Å². The molecule has 3 aromatic rings. The summed E-state index contributed by atoms with van der Waals surface area (Å²) in [6.45, 7) is 3.84. The number of rotatable bonds is 3. The first-order valence-electron chi connectivity index (χ1n) is 9.48. The Balaban J connectivity index is 1.73. The molecule has 0 aliphatic heterocycles. The van der Waals surface area contributed by atoms with Crippen LogP contribution < -0.4 is 10.7 Å². The number of amides is 1. The van der Waals surface area contributed by atoms with E-state index in [1.807, 2.05) is 13.8 Å². The van der Waals surface area contributed by atoms with E-state index in [-0.39, 0.29) is 11.2 Å². The second-order valence-corrected chi connectivity index (χ2v) is 8.37. The lowest BCUT2D eigenvalue weighted by atomic mass is 9.95. The van der Waals surface area contributed by atoms with E-state index < -0.39 is 11.9 Å². The number of carbonyl (C=O) groups is 2. The SMILES string of the molecule is COC(=O)c1c(NC(=O)c2cc(=O)c3cc(C)c(C)cc3o2)sc2c1CCCC2. The zero-order valence-corrected chi connectivity index (χ0v) is 17.3. The average Bonchev–Trinajstić information content (AvgIpc) is 3.06. The summed E-state index contributed by atoms with van der Waals surface area (Å²) in [5.74, 6) is -1.12. The quantitative estimate of drug-likeness (QED) is 0.646. The highest BCUT2D eigenvalue weighted by Crippen LogP contribution is 2.38. The van der Waals surface area contributed by atoms with Crippen LogP contribution in [0, 0.1) is 13.8 Å². The van der Waals surface area contributed by atoms with Crippen LogP contribution in [0.2, 0.25) is 0 Å². The molecule has 29 heavy (non-hydrogen) atoms. The van der Waals surface area contributed by atoms with Crippen molar-refractivity contribution < 1.29 is 18.7 Å². The molecule has 1 aromatic carbocycles. The van der Waals surface area contributed by atoms with E-state index in [0.717, 1.165) is 47.3 Å². The molecule has 1 aliphatic rings. The summed E-state index contributed by atoms with van der Waals surface area (Å²) in [5, 5.41) is 3.64. The summed E-state index contributed by atoms with van der Waals surface area (Å²) < 4.78 is 10.7. The molecule has 0 saturated heterocycles. The highest BCUT2D eigenvalue weighted by Gasteiger charge is 2.27. The zero-order chi connectivity index (χ0) is 20.7.